The maximum Gasteiger partial charge on any atom is 0.254 e. The Kier molecular flexibility index (Phi) is 6.00. The lowest BCUT2D eigenvalue weighted by atomic mass is 10.1. The number of halogens is 2. The van der Waals surface area contributed by atoms with Crippen LogP contribution in [0.2, 0.25) is 10.0 Å². The molecule has 0 spiro atoms. The first-order valence-electron chi connectivity index (χ1n) is 8.44. The van der Waals surface area contributed by atoms with E-state index >= 15 is 0 Å². The lowest BCUT2D eigenvalue weighted by Gasteiger charge is -2.26. The number of benzene rings is 2. The zero-order valence-corrected chi connectivity index (χ0v) is 15.7. The summed E-state index contributed by atoms with van der Waals surface area (Å²) < 4.78 is 5.73. The first kappa shape index (κ1) is 18.2. The maximum absolute atomic E-state index is 13.0. The van der Waals surface area contributed by atoms with Gasteiger partial charge in [0.25, 0.3) is 5.91 Å². The van der Waals surface area contributed by atoms with E-state index < -0.39 is 0 Å². The summed E-state index contributed by atoms with van der Waals surface area (Å²) in [6.45, 7) is 3.76. The van der Waals surface area contributed by atoms with Crippen LogP contribution in [0.25, 0.3) is 0 Å². The predicted octanol–water partition coefficient (Wildman–Crippen LogP) is 5.12. The maximum atomic E-state index is 13.0. The van der Waals surface area contributed by atoms with Gasteiger partial charge in [-0.3, -0.25) is 4.79 Å². The van der Waals surface area contributed by atoms with Gasteiger partial charge in [0, 0.05) is 35.3 Å². The molecule has 0 aromatic heterocycles. The topological polar surface area (TPSA) is 29.5 Å². The van der Waals surface area contributed by atoms with Gasteiger partial charge in [-0.25, -0.2) is 0 Å². The molecule has 0 saturated carbocycles. The molecule has 2 aromatic carbocycles. The molecule has 0 radical (unpaired) electrons. The monoisotopic (exact) mass is 377 g/mol. The van der Waals surface area contributed by atoms with Crippen LogP contribution in [-0.2, 0) is 11.3 Å². The van der Waals surface area contributed by atoms with E-state index in [0.29, 0.717) is 28.7 Å². The SMILES string of the molecule is Cc1ccc(C(=O)N(Cc2ccc(Cl)cc2Cl)C[C@@H]2CCCO2)cc1. The highest BCUT2D eigenvalue weighted by molar-refractivity contribution is 6.35. The standard InChI is InChI=1S/C20H21Cl2NO2/c1-14-4-6-15(7-5-14)20(24)23(13-18-3-2-10-25-18)12-16-8-9-17(21)11-19(16)22/h4-9,11,18H,2-3,10,12-13H2,1H3/t18-/m0/s1. The van der Waals surface area contributed by atoms with E-state index in [0.717, 1.165) is 30.6 Å². The second kappa shape index (κ2) is 8.22. The highest BCUT2D eigenvalue weighted by atomic mass is 35.5. The molecule has 2 aromatic rings. The van der Waals surface area contributed by atoms with Crippen molar-refractivity contribution in [1.29, 1.82) is 0 Å². The van der Waals surface area contributed by atoms with E-state index in [4.69, 9.17) is 27.9 Å². The molecule has 0 unspecified atom stereocenters. The van der Waals surface area contributed by atoms with Gasteiger partial charge >= 0.3 is 0 Å². The molecule has 25 heavy (non-hydrogen) atoms. The second-order valence-corrected chi connectivity index (χ2v) is 7.27. The fourth-order valence-corrected chi connectivity index (χ4v) is 3.46. The summed E-state index contributed by atoms with van der Waals surface area (Å²) in [6, 6.07) is 13.0. The van der Waals surface area contributed by atoms with Gasteiger partial charge in [0.05, 0.1) is 6.10 Å². The summed E-state index contributed by atoms with van der Waals surface area (Å²) in [4.78, 5) is 14.8. The van der Waals surface area contributed by atoms with Crippen LogP contribution in [0.1, 0.15) is 34.3 Å². The third kappa shape index (κ3) is 4.75. The number of carbonyl (C=O) groups is 1. The van der Waals surface area contributed by atoms with Gasteiger partial charge in [0.1, 0.15) is 0 Å². The Balaban J connectivity index is 1.83. The van der Waals surface area contributed by atoms with Gasteiger partial charge in [0.2, 0.25) is 0 Å². The van der Waals surface area contributed by atoms with Crippen molar-refractivity contribution in [3.8, 4) is 0 Å². The van der Waals surface area contributed by atoms with E-state index in [2.05, 4.69) is 0 Å². The quantitative estimate of drug-likeness (QED) is 0.723. The van der Waals surface area contributed by atoms with Gasteiger partial charge in [-0.2, -0.15) is 0 Å². The molecule has 0 aliphatic carbocycles. The molecule has 0 N–H and O–H groups in total. The number of nitrogens with zero attached hydrogens (tertiary/aromatic N) is 1. The number of amides is 1. The molecule has 1 heterocycles. The van der Waals surface area contributed by atoms with Crippen molar-refractivity contribution in [2.45, 2.75) is 32.4 Å². The molecule has 1 aliphatic heterocycles. The van der Waals surface area contributed by atoms with Crippen molar-refractivity contribution in [2.24, 2.45) is 0 Å². The van der Waals surface area contributed by atoms with Gasteiger partial charge in [-0.05, 0) is 49.6 Å². The number of ether oxygens (including phenoxy) is 1. The molecule has 1 saturated heterocycles. The van der Waals surface area contributed by atoms with Crippen LogP contribution in [-0.4, -0.2) is 30.1 Å². The third-order valence-corrected chi connectivity index (χ3v) is 5.00. The van der Waals surface area contributed by atoms with E-state index in [-0.39, 0.29) is 12.0 Å². The zero-order chi connectivity index (χ0) is 17.8. The van der Waals surface area contributed by atoms with Crippen LogP contribution in [0.15, 0.2) is 42.5 Å². The molecular formula is C20H21Cl2NO2. The molecule has 1 fully saturated rings. The molecule has 1 amide bonds. The second-order valence-electron chi connectivity index (χ2n) is 6.42. The van der Waals surface area contributed by atoms with Gasteiger partial charge in [-0.1, -0.05) is 47.0 Å². The fraction of sp³-hybridized carbons (Fsp3) is 0.350. The number of aryl methyl sites for hydroxylation is 1. The molecule has 3 rings (SSSR count). The fourth-order valence-electron chi connectivity index (χ4n) is 2.99. The highest BCUT2D eigenvalue weighted by Crippen LogP contribution is 2.24. The number of rotatable bonds is 5. The summed E-state index contributed by atoms with van der Waals surface area (Å²) in [5.41, 5.74) is 2.68. The Morgan fingerprint density at radius 1 is 1.20 bits per heavy atom. The number of hydrogen-bond donors (Lipinski definition) is 0. The summed E-state index contributed by atoms with van der Waals surface area (Å²) in [5, 5.41) is 1.16. The molecule has 0 bridgehead atoms. The van der Waals surface area contributed by atoms with Crippen molar-refractivity contribution in [1.82, 2.24) is 4.90 Å². The molecular weight excluding hydrogens is 357 g/mol. The van der Waals surface area contributed by atoms with Crippen molar-refractivity contribution >= 4 is 29.1 Å². The summed E-state index contributed by atoms with van der Waals surface area (Å²) in [6.07, 6.45) is 2.10. The van der Waals surface area contributed by atoms with E-state index in [9.17, 15) is 4.79 Å². The summed E-state index contributed by atoms with van der Waals surface area (Å²) in [7, 11) is 0. The van der Waals surface area contributed by atoms with Crippen LogP contribution in [0.4, 0.5) is 0 Å². The minimum absolute atomic E-state index is 0.0125. The summed E-state index contributed by atoms with van der Waals surface area (Å²) >= 11 is 12.3. The zero-order valence-electron chi connectivity index (χ0n) is 14.2. The first-order chi connectivity index (χ1) is 12.0. The van der Waals surface area contributed by atoms with E-state index in [1.807, 2.05) is 42.2 Å². The van der Waals surface area contributed by atoms with Crippen LogP contribution in [0.5, 0.6) is 0 Å². The summed E-state index contributed by atoms with van der Waals surface area (Å²) in [5.74, 6) is -0.0125. The molecule has 1 aliphatic rings. The lowest BCUT2D eigenvalue weighted by molar-refractivity contribution is 0.0507. The van der Waals surface area contributed by atoms with Crippen LogP contribution < -0.4 is 0 Å². The normalized spacial score (nSPS) is 16.8. The molecule has 1 atom stereocenters. The van der Waals surface area contributed by atoms with E-state index in [1.54, 1.807) is 12.1 Å². The average Bonchev–Trinajstić information content (AvgIpc) is 3.10. The first-order valence-corrected chi connectivity index (χ1v) is 9.20. The van der Waals surface area contributed by atoms with E-state index in [1.165, 1.54) is 0 Å². The van der Waals surface area contributed by atoms with Crippen LogP contribution >= 0.6 is 23.2 Å². The van der Waals surface area contributed by atoms with Gasteiger partial charge < -0.3 is 9.64 Å². The van der Waals surface area contributed by atoms with Gasteiger partial charge in [-0.15, -0.1) is 0 Å². The Bertz CT molecular complexity index is 740. The van der Waals surface area contributed by atoms with Crippen LogP contribution in [0.3, 0.4) is 0 Å². The molecule has 3 nitrogen and oxygen atoms in total. The Labute approximate surface area is 158 Å². The molecule has 5 heteroatoms. The third-order valence-electron chi connectivity index (χ3n) is 4.41. The number of carbonyl (C=O) groups excluding carboxylic acids is 1. The van der Waals surface area contributed by atoms with Crippen molar-refractivity contribution in [2.75, 3.05) is 13.2 Å². The minimum atomic E-state index is -0.0125. The highest BCUT2D eigenvalue weighted by Gasteiger charge is 2.24. The average molecular weight is 378 g/mol. The largest absolute Gasteiger partial charge is 0.376 e. The van der Waals surface area contributed by atoms with Crippen LogP contribution in [0, 0.1) is 6.92 Å². The Hall–Kier alpha value is -1.55. The molecule has 132 valence electrons. The predicted molar refractivity (Wildman–Crippen MR) is 101 cm³/mol. The smallest absolute Gasteiger partial charge is 0.254 e. The van der Waals surface area contributed by atoms with Crippen molar-refractivity contribution in [3.63, 3.8) is 0 Å². The number of hydrogen-bond acceptors (Lipinski definition) is 2. The minimum Gasteiger partial charge on any atom is -0.376 e. The van der Waals surface area contributed by atoms with Crippen molar-refractivity contribution in [3.05, 3.63) is 69.2 Å². The Morgan fingerprint density at radius 3 is 2.60 bits per heavy atom. The lowest BCUT2D eigenvalue weighted by Crippen LogP contribution is -2.37. The van der Waals surface area contributed by atoms with Gasteiger partial charge in [0.15, 0.2) is 0 Å². The Morgan fingerprint density at radius 2 is 1.96 bits per heavy atom. The van der Waals surface area contributed by atoms with Crippen molar-refractivity contribution < 1.29 is 9.53 Å².